The van der Waals surface area contributed by atoms with Gasteiger partial charge in [0.2, 0.25) is 0 Å². The SMILES string of the molecule is CCC(CS)CN1CCOc2ccccc2C1. The Balaban J connectivity index is 2.02. The second-order valence-corrected chi connectivity index (χ2v) is 5.01. The summed E-state index contributed by atoms with van der Waals surface area (Å²) in [5.41, 5.74) is 1.30. The molecule has 1 aromatic rings. The van der Waals surface area contributed by atoms with Crippen LogP contribution in [0.5, 0.6) is 5.75 Å². The van der Waals surface area contributed by atoms with E-state index in [2.05, 4.69) is 42.7 Å². The molecule has 0 spiro atoms. The quantitative estimate of drug-likeness (QED) is 0.826. The zero-order chi connectivity index (χ0) is 12.1. The van der Waals surface area contributed by atoms with Crippen molar-refractivity contribution in [3.8, 4) is 5.75 Å². The fraction of sp³-hybridized carbons (Fsp3) is 0.571. The number of ether oxygens (including phenoxy) is 1. The predicted molar refractivity (Wildman–Crippen MR) is 74.8 cm³/mol. The van der Waals surface area contributed by atoms with Crippen LogP contribution in [0.4, 0.5) is 0 Å². The van der Waals surface area contributed by atoms with Crippen molar-refractivity contribution in [2.24, 2.45) is 5.92 Å². The molecule has 0 fully saturated rings. The summed E-state index contributed by atoms with van der Waals surface area (Å²) in [5, 5.41) is 0. The first-order chi connectivity index (χ1) is 8.33. The number of hydrogen-bond donors (Lipinski definition) is 1. The first kappa shape index (κ1) is 12.8. The number of thiol groups is 1. The van der Waals surface area contributed by atoms with Crippen LogP contribution in [0.1, 0.15) is 18.9 Å². The van der Waals surface area contributed by atoms with E-state index in [1.807, 2.05) is 6.07 Å². The fourth-order valence-corrected chi connectivity index (χ4v) is 2.59. The van der Waals surface area contributed by atoms with Crippen LogP contribution >= 0.6 is 12.6 Å². The van der Waals surface area contributed by atoms with Crippen molar-refractivity contribution in [2.75, 3.05) is 25.4 Å². The Hall–Kier alpha value is -0.670. The molecule has 1 aliphatic rings. The van der Waals surface area contributed by atoms with Gasteiger partial charge in [0.05, 0.1) is 0 Å². The minimum Gasteiger partial charge on any atom is -0.492 e. The van der Waals surface area contributed by atoms with Gasteiger partial charge in [-0.2, -0.15) is 12.6 Å². The topological polar surface area (TPSA) is 12.5 Å². The lowest BCUT2D eigenvalue weighted by Gasteiger charge is -2.24. The Morgan fingerprint density at radius 2 is 2.24 bits per heavy atom. The third kappa shape index (κ3) is 3.39. The van der Waals surface area contributed by atoms with E-state index in [0.29, 0.717) is 5.92 Å². The summed E-state index contributed by atoms with van der Waals surface area (Å²) >= 11 is 4.42. The molecule has 2 rings (SSSR count). The number of rotatable bonds is 4. The van der Waals surface area contributed by atoms with E-state index in [4.69, 9.17) is 4.74 Å². The Morgan fingerprint density at radius 1 is 1.41 bits per heavy atom. The molecule has 0 saturated heterocycles. The number of benzene rings is 1. The Kier molecular flexibility index (Phi) is 4.75. The van der Waals surface area contributed by atoms with Crippen molar-refractivity contribution in [3.05, 3.63) is 29.8 Å². The van der Waals surface area contributed by atoms with Crippen LogP contribution in [0.2, 0.25) is 0 Å². The minimum absolute atomic E-state index is 0.684. The first-order valence-corrected chi connectivity index (χ1v) is 7.00. The zero-order valence-corrected chi connectivity index (χ0v) is 11.3. The molecule has 3 heteroatoms. The van der Waals surface area contributed by atoms with Crippen LogP contribution in [0.25, 0.3) is 0 Å². The standard InChI is InChI=1S/C14H21NOS/c1-2-12(11-17)9-15-7-8-16-14-6-4-3-5-13(14)10-15/h3-6,12,17H,2,7-11H2,1H3. The largest absolute Gasteiger partial charge is 0.492 e. The van der Waals surface area contributed by atoms with Crippen molar-refractivity contribution in [1.82, 2.24) is 4.90 Å². The van der Waals surface area contributed by atoms with Crippen molar-refractivity contribution < 1.29 is 4.74 Å². The molecule has 1 atom stereocenters. The Labute approximate surface area is 109 Å². The highest BCUT2D eigenvalue weighted by Crippen LogP contribution is 2.23. The smallest absolute Gasteiger partial charge is 0.123 e. The number of hydrogen-bond acceptors (Lipinski definition) is 3. The van der Waals surface area contributed by atoms with E-state index >= 15 is 0 Å². The van der Waals surface area contributed by atoms with Gasteiger partial charge in [0.1, 0.15) is 12.4 Å². The molecule has 1 aliphatic heterocycles. The van der Waals surface area contributed by atoms with Gasteiger partial charge in [-0.05, 0) is 17.7 Å². The van der Waals surface area contributed by atoms with E-state index in [1.54, 1.807) is 0 Å². The van der Waals surface area contributed by atoms with Gasteiger partial charge in [0.25, 0.3) is 0 Å². The van der Waals surface area contributed by atoms with Crippen LogP contribution in [0.3, 0.4) is 0 Å². The molecule has 0 aromatic heterocycles. The van der Waals surface area contributed by atoms with E-state index in [0.717, 1.165) is 37.7 Å². The van der Waals surface area contributed by atoms with Crippen molar-refractivity contribution in [3.63, 3.8) is 0 Å². The number of fused-ring (bicyclic) bond motifs is 1. The van der Waals surface area contributed by atoms with Gasteiger partial charge in [0, 0.05) is 25.2 Å². The summed E-state index contributed by atoms with van der Waals surface area (Å²) in [6, 6.07) is 8.35. The predicted octanol–water partition coefficient (Wildman–Crippen LogP) is 2.84. The molecular formula is C14H21NOS. The first-order valence-electron chi connectivity index (χ1n) is 6.37. The average Bonchev–Trinajstić information content (AvgIpc) is 2.57. The summed E-state index contributed by atoms with van der Waals surface area (Å²) < 4.78 is 5.77. The molecule has 0 saturated carbocycles. The summed E-state index contributed by atoms with van der Waals surface area (Å²) in [5.74, 6) is 2.70. The Bertz CT molecular complexity index is 352. The van der Waals surface area contributed by atoms with Crippen molar-refractivity contribution in [1.29, 1.82) is 0 Å². The molecule has 0 N–H and O–H groups in total. The Morgan fingerprint density at radius 3 is 3.00 bits per heavy atom. The summed E-state index contributed by atoms with van der Waals surface area (Å²) in [4.78, 5) is 2.48. The molecule has 1 aromatic carbocycles. The molecule has 0 radical (unpaired) electrons. The highest BCUT2D eigenvalue weighted by Gasteiger charge is 2.17. The van der Waals surface area contributed by atoms with Gasteiger partial charge in [-0.3, -0.25) is 4.90 Å². The molecule has 1 unspecified atom stereocenters. The van der Waals surface area contributed by atoms with Crippen LogP contribution < -0.4 is 4.74 Å². The fourth-order valence-electron chi connectivity index (χ4n) is 2.22. The third-order valence-corrected chi connectivity index (χ3v) is 3.90. The van der Waals surface area contributed by atoms with Crippen molar-refractivity contribution in [2.45, 2.75) is 19.9 Å². The van der Waals surface area contributed by atoms with Gasteiger partial charge in [-0.1, -0.05) is 31.5 Å². The lowest BCUT2D eigenvalue weighted by atomic mass is 10.1. The summed E-state index contributed by atoms with van der Waals surface area (Å²) in [7, 11) is 0. The van der Waals surface area contributed by atoms with Crippen LogP contribution in [0.15, 0.2) is 24.3 Å². The lowest BCUT2D eigenvalue weighted by molar-refractivity contribution is 0.202. The molecule has 0 amide bonds. The normalized spacial score (nSPS) is 18.0. The van der Waals surface area contributed by atoms with Gasteiger partial charge in [0.15, 0.2) is 0 Å². The van der Waals surface area contributed by atoms with Gasteiger partial charge in [-0.15, -0.1) is 0 Å². The van der Waals surface area contributed by atoms with E-state index < -0.39 is 0 Å². The van der Waals surface area contributed by atoms with Crippen LogP contribution in [-0.2, 0) is 6.54 Å². The maximum Gasteiger partial charge on any atom is 0.123 e. The van der Waals surface area contributed by atoms with Crippen molar-refractivity contribution >= 4 is 12.6 Å². The molecule has 0 bridgehead atoms. The monoisotopic (exact) mass is 251 g/mol. The zero-order valence-electron chi connectivity index (χ0n) is 10.4. The average molecular weight is 251 g/mol. The minimum atomic E-state index is 0.684. The maximum atomic E-state index is 5.77. The highest BCUT2D eigenvalue weighted by molar-refractivity contribution is 7.80. The second kappa shape index (κ2) is 6.31. The lowest BCUT2D eigenvalue weighted by Crippen LogP contribution is -2.31. The second-order valence-electron chi connectivity index (χ2n) is 4.65. The molecule has 2 nitrogen and oxygen atoms in total. The van der Waals surface area contributed by atoms with E-state index in [-0.39, 0.29) is 0 Å². The molecule has 1 heterocycles. The highest BCUT2D eigenvalue weighted by atomic mass is 32.1. The van der Waals surface area contributed by atoms with Crippen LogP contribution in [0, 0.1) is 5.92 Å². The summed E-state index contributed by atoms with van der Waals surface area (Å²) in [6.07, 6.45) is 1.20. The molecule has 17 heavy (non-hydrogen) atoms. The van der Waals surface area contributed by atoms with Gasteiger partial charge >= 0.3 is 0 Å². The van der Waals surface area contributed by atoms with E-state index in [1.165, 1.54) is 12.0 Å². The number of para-hydroxylation sites is 1. The molecule has 94 valence electrons. The maximum absolute atomic E-state index is 5.77. The number of nitrogens with zero attached hydrogens (tertiary/aromatic N) is 1. The van der Waals surface area contributed by atoms with Crippen LogP contribution in [-0.4, -0.2) is 30.3 Å². The summed E-state index contributed by atoms with van der Waals surface area (Å²) in [6.45, 7) is 6.17. The van der Waals surface area contributed by atoms with Gasteiger partial charge in [-0.25, -0.2) is 0 Å². The molecular weight excluding hydrogens is 230 g/mol. The van der Waals surface area contributed by atoms with Gasteiger partial charge < -0.3 is 4.74 Å². The third-order valence-electron chi connectivity index (χ3n) is 3.38. The van der Waals surface area contributed by atoms with E-state index in [9.17, 15) is 0 Å². The molecule has 0 aliphatic carbocycles.